The van der Waals surface area contributed by atoms with Crippen LogP contribution in [0.2, 0.25) is 5.02 Å². The molecule has 180 valence electrons. The van der Waals surface area contributed by atoms with Crippen molar-refractivity contribution in [1.82, 2.24) is 14.5 Å². The minimum atomic E-state index is -0.216. The van der Waals surface area contributed by atoms with Crippen molar-refractivity contribution in [3.63, 3.8) is 0 Å². The number of anilines is 1. The zero-order valence-corrected chi connectivity index (χ0v) is 22.0. The Morgan fingerprint density at radius 1 is 1.00 bits per heavy atom. The topological polar surface area (TPSA) is 58.4 Å². The summed E-state index contributed by atoms with van der Waals surface area (Å²) in [7, 11) is 3.98. The average Bonchev–Trinajstić information content (AvgIpc) is 2.84. The lowest BCUT2D eigenvalue weighted by Gasteiger charge is -2.26. The van der Waals surface area contributed by atoms with Crippen LogP contribution in [0.3, 0.4) is 0 Å². The van der Waals surface area contributed by atoms with Gasteiger partial charge in [0.15, 0.2) is 0 Å². The van der Waals surface area contributed by atoms with E-state index in [0.717, 1.165) is 16.6 Å². The van der Waals surface area contributed by atoms with Crippen LogP contribution >= 0.6 is 27.5 Å². The minimum Gasteiger partial charge on any atom is -0.309 e. The Labute approximate surface area is 217 Å². The number of aromatic nitrogens is 2. The second-order valence-electron chi connectivity index (χ2n) is 8.57. The first kappa shape index (κ1) is 25.1. The number of halogens is 2. The Bertz CT molecular complexity index is 1390. The SMILES string of the molecule is CN(C)CCCN(C(=O)c1ccc(Br)cc1)c1nc2cc(Cl)ccc2c(=O)n1Cc1ccccc1. The first-order valence-electron chi connectivity index (χ1n) is 11.3. The van der Waals surface area contributed by atoms with E-state index < -0.39 is 0 Å². The summed E-state index contributed by atoms with van der Waals surface area (Å²) in [5.74, 6) is 0.0895. The van der Waals surface area contributed by atoms with Gasteiger partial charge in [-0.15, -0.1) is 0 Å². The highest BCUT2D eigenvalue weighted by molar-refractivity contribution is 9.10. The molecule has 1 heterocycles. The Hall–Kier alpha value is -3.00. The van der Waals surface area contributed by atoms with Gasteiger partial charge in [-0.3, -0.25) is 19.1 Å². The van der Waals surface area contributed by atoms with Crippen molar-refractivity contribution in [2.45, 2.75) is 13.0 Å². The van der Waals surface area contributed by atoms with E-state index in [1.165, 1.54) is 0 Å². The fourth-order valence-corrected chi connectivity index (χ4v) is 4.31. The molecule has 8 heteroatoms. The summed E-state index contributed by atoms with van der Waals surface area (Å²) in [5.41, 5.74) is 1.70. The largest absolute Gasteiger partial charge is 0.309 e. The van der Waals surface area contributed by atoms with Gasteiger partial charge in [0.2, 0.25) is 5.95 Å². The highest BCUT2D eigenvalue weighted by Gasteiger charge is 2.24. The van der Waals surface area contributed by atoms with Crippen LogP contribution < -0.4 is 10.5 Å². The summed E-state index contributed by atoms with van der Waals surface area (Å²) in [6.45, 7) is 1.48. The zero-order chi connectivity index (χ0) is 24.9. The molecule has 1 amide bonds. The molecule has 0 fully saturated rings. The van der Waals surface area contributed by atoms with Crippen molar-refractivity contribution in [1.29, 1.82) is 0 Å². The highest BCUT2D eigenvalue weighted by atomic mass is 79.9. The summed E-state index contributed by atoms with van der Waals surface area (Å²) >= 11 is 9.65. The van der Waals surface area contributed by atoms with Crippen LogP contribution in [0.15, 0.2) is 82.1 Å². The molecule has 0 spiro atoms. The van der Waals surface area contributed by atoms with E-state index in [1.807, 2.05) is 56.6 Å². The standard InChI is InChI=1S/C27H26BrClN4O2/c1-31(2)15-6-16-32(25(34)20-9-11-21(28)12-10-20)27-30-24-17-22(29)13-14-23(24)26(35)33(27)18-19-7-4-3-5-8-19/h3-5,7-14,17H,6,15-16,18H2,1-2H3. The molecule has 1 aromatic heterocycles. The van der Waals surface area contributed by atoms with Gasteiger partial charge < -0.3 is 4.90 Å². The molecule has 0 saturated heterocycles. The quantitative estimate of drug-likeness (QED) is 0.291. The van der Waals surface area contributed by atoms with Gasteiger partial charge in [-0.2, -0.15) is 0 Å². The monoisotopic (exact) mass is 552 g/mol. The molecule has 4 rings (SSSR count). The van der Waals surface area contributed by atoms with E-state index in [1.54, 1.807) is 39.8 Å². The lowest BCUT2D eigenvalue weighted by Crippen LogP contribution is -2.39. The second kappa shape index (κ2) is 11.2. The molecule has 35 heavy (non-hydrogen) atoms. The number of nitrogens with zero attached hydrogens (tertiary/aromatic N) is 4. The van der Waals surface area contributed by atoms with Gasteiger partial charge >= 0.3 is 0 Å². The molecule has 3 aromatic carbocycles. The number of hydrogen-bond acceptors (Lipinski definition) is 4. The smallest absolute Gasteiger partial charge is 0.263 e. The Balaban J connectivity index is 1.89. The van der Waals surface area contributed by atoms with Crippen molar-refractivity contribution in [3.8, 4) is 0 Å². The molecule has 0 aliphatic carbocycles. The summed E-state index contributed by atoms with van der Waals surface area (Å²) in [6.07, 6.45) is 0.712. The van der Waals surface area contributed by atoms with E-state index >= 15 is 0 Å². The molecular formula is C27H26BrClN4O2. The normalized spacial score (nSPS) is 11.2. The van der Waals surface area contributed by atoms with Crippen molar-refractivity contribution >= 4 is 50.3 Å². The van der Waals surface area contributed by atoms with Crippen LogP contribution in [0.5, 0.6) is 0 Å². The van der Waals surface area contributed by atoms with Crippen molar-refractivity contribution in [3.05, 3.63) is 104 Å². The third kappa shape index (κ3) is 5.99. The van der Waals surface area contributed by atoms with Gasteiger partial charge in [-0.1, -0.05) is 57.9 Å². The van der Waals surface area contributed by atoms with E-state index in [9.17, 15) is 9.59 Å². The number of benzene rings is 3. The van der Waals surface area contributed by atoms with E-state index in [0.29, 0.717) is 46.9 Å². The van der Waals surface area contributed by atoms with Gasteiger partial charge in [-0.05, 0) is 75.1 Å². The Morgan fingerprint density at radius 2 is 1.71 bits per heavy atom. The highest BCUT2D eigenvalue weighted by Crippen LogP contribution is 2.22. The summed E-state index contributed by atoms with van der Waals surface area (Å²) in [4.78, 5) is 35.9. The number of hydrogen-bond donors (Lipinski definition) is 0. The number of rotatable bonds is 8. The maximum Gasteiger partial charge on any atom is 0.263 e. The number of fused-ring (bicyclic) bond motifs is 1. The van der Waals surface area contributed by atoms with Crippen molar-refractivity contribution < 1.29 is 4.79 Å². The van der Waals surface area contributed by atoms with Crippen molar-refractivity contribution in [2.24, 2.45) is 0 Å². The first-order valence-corrected chi connectivity index (χ1v) is 12.5. The Kier molecular flexibility index (Phi) is 8.00. The van der Waals surface area contributed by atoms with Gasteiger partial charge in [0.1, 0.15) is 0 Å². The maximum absolute atomic E-state index is 13.8. The second-order valence-corrected chi connectivity index (χ2v) is 9.92. The number of carbonyl (C=O) groups is 1. The van der Waals surface area contributed by atoms with E-state index in [-0.39, 0.29) is 11.5 Å². The predicted octanol–water partition coefficient (Wildman–Crippen LogP) is 5.46. The van der Waals surface area contributed by atoms with Gasteiger partial charge in [0.05, 0.1) is 17.4 Å². The van der Waals surface area contributed by atoms with E-state index in [4.69, 9.17) is 16.6 Å². The summed E-state index contributed by atoms with van der Waals surface area (Å²) in [5, 5.41) is 0.938. The van der Waals surface area contributed by atoms with Gasteiger partial charge in [-0.25, -0.2) is 4.98 Å². The molecule has 6 nitrogen and oxygen atoms in total. The molecule has 0 bridgehead atoms. The number of carbonyl (C=O) groups excluding carboxylic acids is 1. The summed E-state index contributed by atoms with van der Waals surface area (Å²) < 4.78 is 2.46. The molecule has 0 aliphatic rings. The van der Waals surface area contributed by atoms with Crippen LogP contribution in [-0.4, -0.2) is 47.5 Å². The fraction of sp³-hybridized carbons (Fsp3) is 0.222. The maximum atomic E-state index is 13.8. The van der Waals surface area contributed by atoms with Crippen molar-refractivity contribution in [2.75, 3.05) is 32.1 Å². The van der Waals surface area contributed by atoms with Crippen LogP contribution in [0.25, 0.3) is 10.9 Å². The third-order valence-corrected chi connectivity index (χ3v) is 6.41. The first-order chi connectivity index (χ1) is 16.8. The van der Waals surface area contributed by atoms with Crippen LogP contribution in [0, 0.1) is 0 Å². The van der Waals surface area contributed by atoms with Crippen LogP contribution in [-0.2, 0) is 6.54 Å². The molecular weight excluding hydrogens is 528 g/mol. The average molecular weight is 554 g/mol. The molecule has 0 saturated carbocycles. The van der Waals surface area contributed by atoms with Gasteiger partial charge in [0, 0.05) is 21.6 Å². The van der Waals surface area contributed by atoms with Gasteiger partial charge in [0.25, 0.3) is 11.5 Å². The number of amides is 1. The molecule has 4 aromatic rings. The molecule has 0 N–H and O–H groups in total. The molecule has 0 unspecified atom stereocenters. The molecule has 0 aliphatic heterocycles. The Morgan fingerprint density at radius 3 is 2.40 bits per heavy atom. The summed E-state index contributed by atoms with van der Waals surface area (Å²) in [6, 6.07) is 21.9. The van der Waals surface area contributed by atoms with Crippen LogP contribution in [0.1, 0.15) is 22.3 Å². The predicted molar refractivity (Wildman–Crippen MR) is 146 cm³/mol. The molecule has 0 radical (unpaired) electrons. The minimum absolute atomic E-state index is 0.216. The fourth-order valence-electron chi connectivity index (χ4n) is 3.88. The lowest BCUT2D eigenvalue weighted by atomic mass is 10.2. The molecule has 0 atom stereocenters. The zero-order valence-electron chi connectivity index (χ0n) is 19.6. The third-order valence-electron chi connectivity index (χ3n) is 5.65. The van der Waals surface area contributed by atoms with Crippen LogP contribution in [0.4, 0.5) is 5.95 Å². The lowest BCUT2D eigenvalue weighted by molar-refractivity contribution is 0.0983. The van der Waals surface area contributed by atoms with E-state index in [2.05, 4.69) is 20.8 Å².